The van der Waals surface area contributed by atoms with Gasteiger partial charge in [0, 0.05) is 21.7 Å². The normalized spacial score (nSPS) is 10.9. The van der Waals surface area contributed by atoms with Gasteiger partial charge in [0.25, 0.3) is 0 Å². The molecule has 0 fully saturated rings. The predicted molar refractivity (Wildman–Crippen MR) is 109 cm³/mol. The number of benzene rings is 3. The van der Waals surface area contributed by atoms with Gasteiger partial charge in [-0.2, -0.15) is 0 Å². The minimum atomic E-state index is -0.980. The Balaban J connectivity index is 1.77. The molecule has 0 unspecified atom stereocenters. The second-order valence-corrected chi connectivity index (χ2v) is 6.59. The van der Waals surface area contributed by atoms with E-state index in [4.69, 9.17) is 33.0 Å². The van der Waals surface area contributed by atoms with Crippen molar-refractivity contribution in [3.8, 4) is 16.9 Å². The zero-order chi connectivity index (χ0) is 19.2. The van der Waals surface area contributed by atoms with Gasteiger partial charge in [-0.15, -0.1) is 0 Å². The van der Waals surface area contributed by atoms with Crippen molar-refractivity contribution in [2.75, 3.05) is 0 Å². The molecule has 3 rings (SSSR count). The highest BCUT2D eigenvalue weighted by atomic mass is 35.5. The molecule has 3 aromatic carbocycles. The van der Waals surface area contributed by atoms with Crippen molar-refractivity contribution in [2.45, 2.75) is 6.61 Å². The second kappa shape index (κ2) is 8.76. The highest BCUT2D eigenvalue weighted by Crippen LogP contribution is 2.29. The Labute approximate surface area is 167 Å². The molecule has 1 N–H and O–H groups in total. The molecule has 0 aliphatic heterocycles. The van der Waals surface area contributed by atoms with Gasteiger partial charge in [-0.3, -0.25) is 0 Å². The van der Waals surface area contributed by atoms with Gasteiger partial charge in [-0.25, -0.2) is 4.79 Å². The number of carboxylic acids is 1. The van der Waals surface area contributed by atoms with Crippen molar-refractivity contribution < 1.29 is 14.6 Å². The summed E-state index contributed by atoms with van der Waals surface area (Å²) in [5, 5.41) is 9.98. The van der Waals surface area contributed by atoms with Crippen molar-refractivity contribution >= 4 is 35.2 Å². The first-order chi connectivity index (χ1) is 13.0. The maximum atomic E-state index is 10.8. The second-order valence-electron chi connectivity index (χ2n) is 5.77. The van der Waals surface area contributed by atoms with E-state index in [1.165, 1.54) is 0 Å². The van der Waals surface area contributed by atoms with E-state index in [1.54, 1.807) is 24.3 Å². The fourth-order valence-electron chi connectivity index (χ4n) is 2.62. The molecular formula is C22H16Cl2O3. The molecule has 3 nitrogen and oxygen atoms in total. The number of aliphatic carboxylic acids is 1. The lowest BCUT2D eigenvalue weighted by molar-refractivity contribution is -0.131. The smallest absolute Gasteiger partial charge is 0.328 e. The van der Waals surface area contributed by atoms with Crippen LogP contribution in [0.15, 0.2) is 72.8 Å². The van der Waals surface area contributed by atoms with Crippen molar-refractivity contribution in [1.82, 2.24) is 0 Å². The predicted octanol–water partition coefficient (Wildman–Crippen LogP) is 6.34. The topological polar surface area (TPSA) is 46.5 Å². The van der Waals surface area contributed by atoms with E-state index < -0.39 is 5.97 Å². The van der Waals surface area contributed by atoms with E-state index in [-0.39, 0.29) is 6.61 Å². The number of carbonyl (C=O) groups is 1. The largest absolute Gasteiger partial charge is 0.489 e. The monoisotopic (exact) mass is 398 g/mol. The summed E-state index contributed by atoms with van der Waals surface area (Å²) in [6.07, 6.45) is 2.71. The number of hydrogen-bond donors (Lipinski definition) is 1. The minimum Gasteiger partial charge on any atom is -0.489 e. The van der Waals surface area contributed by atoms with Crippen molar-refractivity contribution in [1.29, 1.82) is 0 Å². The number of ether oxygens (including phenoxy) is 1. The standard InChI is InChI=1S/C22H16Cl2O3/c23-20-6-3-7-21(24)19(20)14-27-17-11-8-16(9-12-17)18-5-2-1-4-15(18)10-13-22(25)26/h1-13H,14H2,(H,25,26). The molecule has 0 radical (unpaired) electrons. The van der Waals surface area contributed by atoms with Crippen molar-refractivity contribution in [2.24, 2.45) is 0 Å². The fourth-order valence-corrected chi connectivity index (χ4v) is 3.13. The molecule has 0 atom stereocenters. The zero-order valence-electron chi connectivity index (χ0n) is 14.2. The van der Waals surface area contributed by atoms with E-state index >= 15 is 0 Å². The highest BCUT2D eigenvalue weighted by Gasteiger charge is 2.07. The molecule has 0 amide bonds. The van der Waals surface area contributed by atoms with Gasteiger partial charge in [-0.05, 0) is 47.0 Å². The maximum Gasteiger partial charge on any atom is 0.328 e. The lowest BCUT2D eigenvalue weighted by atomic mass is 9.99. The first kappa shape index (κ1) is 19.0. The molecular weight excluding hydrogens is 383 g/mol. The van der Waals surface area contributed by atoms with Crippen LogP contribution in [0.1, 0.15) is 11.1 Å². The zero-order valence-corrected chi connectivity index (χ0v) is 15.7. The average molecular weight is 399 g/mol. The Hall–Kier alpha value is -2.75. The molecule has 0 saturated carbocycles. The van der Waals surface area contributed by atoms with Gasteiger partial charge in [0.2, 0.25) is 0 Å². The van der Waals surface area contributed by atoms with Gasteiger partial charge >= 0.3 is 5.97 Å². The summed E-state index contributed by atoms with van der Waals surface area (Å²) in [4.78, 5) is 10.8. The third-order valence-electron chi connectivity index (χ3n) is 3.98. The molecule has 0 bridgehead atoms. The van der Waals surface area contributed by atoms with Crippen LogP contribution >= 0.6 is 23.2 Å². The lowest BCUT2D eigenvalue weighted by Gasteiger charge is -2.11. The lowest BCUT2D eigenvalue weighted by Crippen LogP contribution is -1.97. The minimum absolute atomic E-state index is 0.274. The van der Waals surface area contributed by atoms with Gasteiger partial charge in [0.05, 0.1) is 0 Å². The molecule has 136 valence electrons. The third-order valence-corrected chi connectivity index (χ3v) is 4.68. The summed E-state index contributed by atoms with van der Waals surface area (Å²) in [5.41, 5.74) is 3.48. The van der Waals surface area contributed by atoms with Crippen LogP contribution in [0.2, 0.25) is 10.0 Å². The van der Waals surface area contributed by atoms with E-state index in [0.717, 1.165) is 28.3 Å². The molecule has 0 aliphatic rings. The molecule has 0 heterocycles. The van der Waals surface area contributed by atoms with E-state index in [1.807, 2.05) is 48.5 Å². The molecule has 0 aliphatic carbocycles. The number of hydrogen-bond acceptors (Lipinski definition) is 2. The van der Waals surface area contributed by atoms with Crippen molar-refractivity contribution in [3.05, 3.63) is 94.0 Å². The van der Waals surface area contributed by atoms with Crippen LogP contribution < -0.4 is 4.74 Å². The van der Waals surface area contributed by atoms with Crippen LogP contribution in [0.25, 0.3) is 17.2 Å². The molecule has 0 saturated heterocycles. The van der Waals surface area contributed by atoms with Crippen LogP contribution in [0.3, 0.4) is 0 Å². The Morgan fingerprint density at radius 2 is 1.59 bits per heavy atom. The summed E-state index contributed by atoms with van der Waals surface area (Å²) < 4.78 is 5.79. The van der Waals surface area contributed by atoms with Gasteiger partial charge in [0.1, 0.15) is 12.4 Å². The van der Waals surface area contributed by atoms with E-state index in [0.29, 0.717) is 15.8 Å². The van der Waals surface area contributed by atoms with Crippen LogP contribution in [0.5, 0.6) is 5.75 Å². The highest BCUT2D eigenvalue weighted by molar-refractivity contribution is 6.35. The number of carboxylic acid groups (broad SMARTS) is 1. The molecule has 5 heteroatoms. The summed E-state index contributed by atoms with van der Waals surface area (Å²) >= 11 is 12.3. The Morgan fingerprint density at radius 1 is 0.926 bits per heavy atom. The SMILES string of the molecule is O=C(O)C=Cc1ccccc1-c1ccc(OCc2c(Cl)cccc2Cl)cc1. The first-order valence-corrected chi connectivity index (χ1v) is 8.96. The number of halogens is 2. The summed E-state index contributed by atoms with van der Waals surface area (Å²) in [5.74, 6) is -0.292. The summed E-state index contributed by atoms with van der Waals surface area (Å²) in [7, 11) is 0. The number of rotatable bonds is 6. The first-order valence-electron chi connectivity index (χ1n) is 8.21. The molecule has 0 aromatic heterocycles. The third kappa shape index (κ3) is 4.91. The van der Waals surface area contributed by atoms with Gasteiger partial charge in [0.15, 0.2) is 0 Å². The van der Waals surface area contributed by atoms with Crippen LogP contribution in [-0.4, -0.2) is 11.1 Å². The maximum absolute atomic E-state index is 10.8. The average Bonchev–Trinajstić information content (AvgIpc) is 2.67. The summed E-state index contributed by atoms with van der Waals surface area (Å²) in [6.45, 7) is 0.274. The Morgan fingerprint density at radius 3 is 2.26 bits per heavy atom. The van der Waals surface area contributed by atoms with Gasteiger partial charge < -0.3 is 9.84 Å². The summed E-state index contributed by atoms with van der Waals surface area (Å²) in [6, 6.07) is 20.5. The van der Waals surface area contributed by atoms with E-state index in [2.05, 4.69) is 0 Å². The van der Waals surface area contributed by atoms with E-state index in [9.17, 15) is 4.79 Å². The van der Waals surface area contributed by atoms with Crippen LogP contribution in [0, 0.1) is 0 Å². The van der Waals surface area contributed by atoms with Crippen LogP contribution in [-0.2, 0) is 11.4 Å². The van der Waals surface area contributed by atoms with Gasteiger partial charge in [-0.1, -0.05) is 65.7 Å². The fraction of sp³-hybridized carbons (Fsp3) is 0.0455. The Bertz CT molecular complexity index is 959. The molecule has 27 heavy (non-hydrogen) atoms. The molecule has 0 spiro atoms. The van der Waals surface area contributed by atoms with Crippen LogP contribution in [0.4, 0.5) is 0 Å². The van der Waals surface area contributed by atoms with Crippen molar-refractivity contribution in [3.63, 3.8) is 0 Å². The quantitative estimate of drug-likeness (QED) is 0.492. The Kier molecular flexibility index (Phi) is 6.17. The molecule has 3 aromatic rings.